The van der Waals surface area contributed by atoms with E-state index in [1.165, 1.54) is 43.8 Å². The molecule has 0 aromatic heterocycles. The van der Waals surface area contributed by atoms with Crippen molar-refractivity contribution in [3.8, 4) is 22.3 Å². The Labute approximate surface area is 194 Å². The van der Waals surface area contributed by atoms with Crippen LogP contribution in [-0.2, 0) is 0 Å². The van der Waals surface area contributed by atoms with E-state index < -0.39 is 0 Å². The molecule has 33 heavy (non-hydrogen) atoms. The molecular weight excluding hydrogens is 398 g/mol. The van der Waals surface area contributed by atoms with E-state index in [1.54, 1.807) is 0 Å². The van der Waals surface area contributed by atoms with Crippen LogP contribution in [0, 0.1) is 0 Å². The molecule has 0 spiro atoms. The fourth-order valence-corrected chi connectivity index (χ4v) is 4.66. The zero-order valence-corrected chi connectivity index (χ0v) is 18.2. The van der Waals surface area contributed by atoms with Crippen molar-refractivity contribution in [3.05, 3.63) is 133 Å². The maximum atomic E-state index is 3.60. The number of anilines is 2. The van der Waals surface area contributed by atoms with Crippen LogP contribution in [0.3, 0.4) is 0 Å². The topological polar surface area (TPSA) is 12.0 Å². The second-order valence-corrected chi connectivity index (χ2v) is 8.30. The Balaban J connectivity index is 1.41. The predicted molar refractivity (Wildman–Crippen MR) is 142 cm³/mol. The van der Waals surface area contributed by atoms with Gasteiger partial charge in [0.05, 0.1) is 0 Å². The molecule has 0 atom stereocenters. The molecule has 1 nitrogen and oxygen atoms in total. The van der Waals surface area contributed by atoms with Crippen molar-refractivity contribution < 1.29 is 0 Å². The number of nitrogens with one attached hydrogen (secondary N) is 1. The van der Waals surface area contributed by atoms with Gasteiger partial charge in [-0.15, -0.1) is 0 Å². The first-order chi connectivity index (χ1) is 16.4. The normalized spacial score (nSPS) is 11.0. The summed E-state index contributed by atoms with van der Waals surface area (Å²) in [5.74, 6) is 0. The summed E-state index contributed by atoms with van der Waals surface area (Å²) in [5.41, 5.74) is 7.18. The lowest BCUT2D eigenvalue weighted by molar-refractivity contribution is 1.57. The Morgan fingerprint density at radius 1 is 0.394 bits per heavy atom. The average Bonchev–Trinajstić information content (AvgIpc) is 2.89. The molecule has 156 valence electrons. The van der Waals surface area contributed by atoms with E-state index in [4.69, 9.17) is 0 Å². The average molecular weight is 422 g/mol. The summed E-state index contributed by atoms with van der Waals surface area (Å²) in [4.78, 5) is 0. The van der Waals surface area contributed by atoms with Gasteiger partial charge in [-0.05, 0) is 56.6 Å². The summed E-state index contributed by atoms with van der Waals surface area (Å²) in [7, 11) is 0. The zero-order valence-electron chi connectivity index (χ0n) is 18.2. The first-order valence-corrected chi connectivity index (χ1v) is 11.3. The van der Waals surface area contributed by atoms with Crippen molar-refractivity contribution in [1.82, 2.24) is 0 Å². The molecule has 0 unspecified atom stereocenters. The van der Waals surface area contributed by atoms with Crippen LogP contribution in [0.15, 0.2) is 133 Å². The van der Waals surface area contributed by atoms with Gasteiger partial charge in [-0.3, -0.25) is 0 Å². The highest BCUT2D eigenvalue weighted by atomic mass is 14.9. The van der Waals surface area contributed by atoms with Crippen molar-refractivity contribution >= 4 is 32.9 Å². The smallest absolute Gasteiger partial charge is 0.0463 e. The van der Waals surface area contributed by atoms with E-state index >= 15 is 0 Å². The Morgan fingerprint density at radius 3 is 1.73 bits per heavy atom. The lowest BCUT2D eigenvalue weighted by Crippen LogP contribution is -1.92. The number of hydrogen-bond acceptors (Lipinski definition) is 1. The Bertz CT molecular complexity index is 1550. The number of fused-ring (bicyclic) bond motifs is 2. The molecule has 6 aromatic rings. The summed E-state index contributed by atoms with van der Waals surface area (Å²) in [6, 6.07) is 47.4. The van der Waals surface area contributed by atoms with Crippen molar-refractivity contribution in [2.24, 2.45) is 0 Å². The summed E-state index contributed by atoms with van der Waals surface area (Å²) in [5, 5.41) is 8.62. The van der Waals surface area contributed by atoms with Gasteiger partial charge in [-0.25, -0.2) is 0 Å². The van der Waals surface area contributed by atoms with E-state index in [1.807, 2.05) is 0 Å². The fraction of sp³-hybridized carbons (Fsp3) is 0. The lowest BCUT2D eigenvalue weighted by atomic mass is 9.91. The van der Waals surface area contributed by atoms with Crippen molar-refractivity contribution in [1.29, 1.82) is 0 Å². The van der Waals surface area contributed by atoms with Crippen LogP contribution in [0.1, 0.15) is 0 Å². The van der Waals surface area contributed by atoms with Crippen LogP contribution in [0.4, 0.5) is 11.4 Å². The van der Waals surface area contributed by atoms with Gasteiger partial charge in [0.1, 0.15) is 0 Å². The summed E-state index contributed by atoms with van der Waals surface area (Å²) < 4.78 is 0. The third-order valence-corrected chi connectivity index (χ3v) is 6.25. The van der Waals surface area contributed by atoms with Gasteiger partial charge in [0, 0.05) is 16.8 Å². The van der Waals surface area contributed by atoms with Gasteiger partial charge in [0.25, 0.3) is 0 Å². The second kappa shape index (κ2) is 8.29. The van der Waals surface area contributed by atoms with E-state index in [9.17, 15) is 0 Å². The molecule has 0 saturated carbocycles. The Kier molecular flexibility index (Phi) is 4.86. The molecule has 0 aliphatic rings. The van der Waals surface area contributed by atoms with Gasteiger partial charge >= 0.3 is 0 Å². The number of rotatable bonds is 4. The molecule has 0 aliphatic heterocycles. The van der Waals surface area contributed by atoms with Crippen LogP contribution in [0.25, 0.3) is 43.8 Å². The van der Waals surface area contributed by atoms with Crippen LogP contribution in [0.5, 0.6) is 0 Å². The summed E-state index contributed by atoms with van der Waals surface area (Å²) in [6.07, 6.45) is 0. The Morgan fingerprint density at radius 2 is 0.970 bits per heavy atom. The molecule has 0 bridgehead atoms. The molecular formula is C32H23N. The second-order valence-electron chi connectivity index (χ2n) is 8.30. The Hall–Kier alpha value is -4.36. The largest absolute Gasteiger partial charge is 0.355 e. The molecule has 0 aliphatic carbocycles. The lowest BCUT2D eigenvalue weighted by Gasteiger charge is -2.14. The van der Waals surface area contributed by atoms with E-state index in [0.29, 0.717) is 0 Å². The summed E-state index contributed by atoms with van der Waals surface area (Å²) in [6.45, 7) is 0. The van der Waals surface area contributed by atoms with Crippen LogP contribution in [0.2, 0.25) is 0 Å². The maximum absolute atomic E-state index is 3.60. The zero-order chi connectivity index (χ0) is 22.0. The third-order valence-electron chi connectivity index (χ3n) is 6.25. The van der Waals surface area contributed by atoms with Gasteiger partial charge < -0.3 is 5.32 Å². The third kappa shape index (κ3) is 3.64. The molecule has 0 radical (unpaired) electrons. The predicted octanol–water partition coefficient (Wildman–Crippen LogP) is 9.07. The highest BCUT2D eigenvalue weighted by Crippen LogP contribution is 2.37. The monoisotopic (exact) mass is 421 g/mol. The van der Waals surface area contributed by atoms with Gasteiger partial charge in [-0.1, -0.05) is 115 Å². The minimum atomic E-state index is 1.08. The van der Waals surface area contributed by atoms with E-state index in [2.05, 4.69) is 139 Å². The van der Waals surface area contributed by atoms with Crippen LogP contribution >= 0.6 is 0 Å². The standard InChI is InChI=1S/C32H23N/c1-2-9-24(10-3-1)29-16-6-13-26-14-7-17-30(32(26)29)25-19-21-27(22-20-25)33-31-18-8-12-23-11-4-5-15-28(23)31/h1-22,33H. The fourth-order valence-electron chi connectivity index (χ4n) is 4.66. The molecule has 0 heterocycles. The SMILES string of the molecule is c1ccc(-c2cccc3cccc(-c4ccc(Nc5cccc6ccccc56)cc4)c23)cc1. The minimum Gasteiger partial charge on any atom is -0.355 e. The van der Waals surface area contributed by atoms with Crippen LogP contribution < -0.4 is 5.32 Å². The first kappa shape index (κ1) is 19.3. The quantitative estimate of drug-likeness (QED) is 0.299. The van der Waals surface area contributed by atoms with Gasteiger partial charge in [0.2, 0.25) is 0 Å². The van der Waals surface area contributed by atoms with E-state index in [-0.39, 0.29) is 0 Å². The molecule has 6 rings (SSSR count). The van der Waals surface area contributed by atoms with Gasteiger partial charge in [-0.2, -0.15) is 0 Å². The molecule has 6 aromatic carbocycles. The van der Waals surface area contributed by atoms with Crippen LogP contribution in [-0.4, -0.2) is 0 Å². The number of hydrogen-bond donors (Lipinski definition) is 1. The molecule has 1 N–H and O–H groups in total. The van der Waals surface area contributed by atoms with Crippen molar-refractivity contribution in [3.63, 3.8) is 0 Å². The molecule has 1 heteroatoms. The highest BCUT2D eigenvalue weighted by Gasteiger charge is 2.10. The summed E-state index contributed by atoms with van der Waals surface area (Å²) >= 11 is 0. The maximum Gasteiger partial charge on any atom is 0.0463 e. The molecule has 0 saturated heterocycles. The number of benzene rings is 6. The molecule has 0 fully saturated rings. The van der Waals surface area contributed by atoms with Crippen molar-refractivity contribution in [2.75, 3.05) is 5.32 Å². The molecule has 0 amide bonds. The van der Waals surface area contributed by atoms with Crippen molar-refractivity contribution in [2.45, 2.75) is 0 Å². The minimum absolute atomic E-state index is 1.08. The first-order valence-electron chi connectivity index (χ1n) is 11.3. The highest BCUT2D eigenvalue weighted by molar-refractivity contribution is 6.06. The van der Waals surface area contributed by atoms with Gasteiger partial charge in [0.15, 0.2) is 0 Å². The van der Waals surface area contributed by atoms with E-state index in [0.717, 1.165) is 11.4 Å².